The third-order valence-electron chi connectivity index (χ3n) is 3.29. The first kappa shape index (κ1) is 14.9. The summed E-state index contributed by atoms with van der Waals surface area (Å²) in [7, 11) is 0. The molecule has 7 heteroatoms. The van der Waals surface area contributed by atoms with Crippen molar-refractivity contribution in [2.24, 2.45) is 0 Å². The maximum atomic E-state index is 12.4. The Morgan fingerprint density at radius 2 is 1.75 bits per heavy atom. The maximum absolute atomic E-state index is 12.4. The summed E-state index contributed by atoms with van der Waals surface area (Å²) in [5, 5.41) is 0.229. The van der Waals surface area contributed by atoms with E-state index in [1.165, 1.54) is 30.7 Å². The monoisotopic (exact) mass is 295 g/mol. The van der Waals surface area contributed by atoms with E-state index in [9.17, 15) is 4.79 Å². The van der Waals surface area contributed by atoms with E-state index in [2.05, 4.69) is 9.97 Å². The van der Waals surface area contributed by atoms with E-state index in [4.69, 9.17) is 11.5 Å². The molecule has 0 aliphatic carbocycles. The minimum Gasteiger partial charge on any atom is -0.383 e. The molecule has 0 aromatic carbocycles. The van der Waals surface area contributed by atoms with Gasteiger partial charge in [-0.25, -0.2) is 9.97 Å². The van der Waals surface area contributed by atoms with Crippen molar-refractivity contribution >= 4 is 29.3 Å². The molecule has 1 atom stereocenters. The summed E-state index contributed by atoms with van der Waals surface area (Å²) in [5.74, 6) is 0.797. The molecule has 1 unspecified atom stereocenters. The molecule has 1 aliphatic rings. The second-order valence-electron chi connectivity index (χ2n) is 5.00. The molecule has 1 aliphatic heterocycles. The normalized spacial score (nSPS) is 17.6. The molecule has 0 saturated carbocycles. The van der Waals surface area contributed by atoms with E-state index in [1.54, 1.807) is 0 Å². The molecule has 0 spiro atoms. The zero-order chi connectivity index (χ0) is 14.5. The van der Waals surface area contributed by atoms with Crippen LogP contribution in [-0.4, -0.2) is 39.1 Å². The van der Waals surface area contributed by atoms with Crippen LogP contribution in [0.1, 0.15) is 32.6 Å². The van der Waals surface area contributed by atoms with E-state index in [-0.39, 0.29) is 11.2 Å². The van der Waals surface area contributed by atoms with E-state index in [0.29, 0.717) is 16.8 Å². The summed E-state index contributed by atoms with van der Waals surface area (Å²) in [6.45, 7) is 3.58. The topological polar surface area (TPSA) is 98.1 Å². The molecule has 20 heavy (non-hydrogen) atoms. The van der Waals surface area contributed by atoms with Gasteiger partial charge in [0.2, 0.25) is 5.91 Å². The fourth-order valence-electron chi connectivity index (χ4n) is 2.27. The Kier molecular flexibility index (Phi) is 5.05. The number of aromatic nitrogens is 2. The molecule has 1 aromatic rings. The quantitative estimate of drug-likeness (QED) is 0.648. The molecular formula is C13H21N5OS. The highest BCUT2D eigenvalue weighted by Gasteiger charge is 2.23. The molecule has 1 aromatic heterocycles. The number of nitrogens with two attached hydrogens (primary N) is 2. The van der Waals surface area contributed by atoms with Crippen molar-refractivity contribution in [1.82, 2.24) is 14.9 Å². The Morgan fingerprint density at radius 3 is 2.30 bits per heavy atom. The average Bonchev–Trinajstić information content (AvgIpc) is 2.65. The van der Waals surface area contributed by atoms with Crippen LogP contribution in [0, 0.1) is 0 Å². The highest BCUT2D eigenvalue weighted by Crippen LogP contribution is 2.23. The van der Waals surface area contributed by atoms with Gasteiger partial charge in [0.05, 0.1) is 5.25 Å². The SMILES string of the molecule is CC(Sc1nc(N)cc(N)n1)C(=O)N1CCCCCC1. The van der Waals surface area contributed by atoms with Gasteiger partial charge in [0.25, 0.3) is 0 Å². The molecule has 0 radical (unpaired) electrons. The van der Waals surface area contributed by atoms with Gasteiger partial charge in [0.15, 0.2) is 5.16 Å². The number of carbonyl (C=O) groups is 1. The molecular weight excluding hydrogens is 274 g/mol. The van der Waals surface area contributed by atoms with Crippen LogP contribution in [0.4, 0.5) is 11.6 Å². The number of carbonyl (C=O) groups excluding carboxylic acids is 1. The van der Waals surface area contributed by atoms with Gasteiger partial charge in [-0.2, -0.15) is 0 Å². The van der Waals surface area contributed by atoms with Crippen molar-refractivity contribution in [3.05, 3.63) is 6.07 Å². The second kappa shape index (κ2) is 6.78. The number of anilines is 2. The van der Waals surface area contributed by atoms with Gasteiger partial charge in [-0.05, 0) is 19.8 Å². The molecule has 110 valence electrons. The molecule has 1 saturated heterocycles. The fraction of sp³-hybridized carbons (Fsp3) is 0.615. The van der Waals surface area contributed by atoms with Gasteiger partial charge < -0.3 is 16.4 Å². The highest BCUT2D eigenvalue weighted by atomic mass is 32.2. The smallest absolute Gasteiger partial charge is 0.235 e. The van der Waals surface area contributed by atoms with Gasteiger partial charge in [-0.3, -0.25) is 4.79 Å². The standard InChI is InChI=1S/C13H21N5OS/c1-9(12(19)18-6-4-2-3-5-7-18)20-13-16-10(14)8-11(15)17-13/h8-9H,2-7H2,1H3,(H4,14,15,16,17). The summed E-state index contributed by atoms with van der Waals surface area (Å²) in [6.07, 6.45) is 4.59. The highest BCUT2D eigenvalue weighted by molar-refractivity contribution is 8.00. The second-order valence-corrected chi connectivity index (χ2v) is 6.31. The van der Waals surface area contributed by atoms with Crippen molar-refractivity contribution < 1.29 is 4.79 Å². The number of likely N-dealkylation sites (tertiary alicyclic amines) is 1. The summed E-state index contributed by atoms with van der Waals surface area (Å²) in [6, 6.07) is 1.51. The van der Waals surface area contributed by atoms with Crippen LogP contribution >= 0.6 is 11.8 Å². The van der Waals surface area contributed by atoms with Gasteiger partial charge in [0, 0.05) is 19.2 Å². The Labute approximate surface area is 123 Å². The maximum Gasteiger partial charge on any atom is 0.235 e. The first-order valence-electron chi connectivity index (χ1n) is 6.92. The number of amides is 1. The number of hydrogen-bond donors (Lipinski definition) is 2. The number of hydrogen-bond acceptors (Lipinski definition) is 6. The fourth-order valence-corrected chi connectivity index (χ4v) is 3.15. The van der Waals surface area contributed by atoms with Crippen molar-refractivity contribution in [1.29, 1.82) is 0 Å². The van der Waals surface area contributed by atoms with Crippen LogP contribution in [0.2, 0.25) is 0 Å². The van der Waals surface area contributed by atoms with Gasteiger partial charge in [-0.1, -0.05) is 24.6 Å². The van der Waals surface area contributed by atoms with Crippen molar-refractivity contribution in [3.8, 4) is 0 Å². The lowest BCUT2D eigenvalue weighted by molar-refractivity contribution is -0.130. The van der Waals surface area contributed by atoms with Crippen LogP contribution in [0.25, 0.3) is 0 Å². The first-order valence-corrected chi connectivity index (χ1v) is 7.79. The predicted molar refractivity (Wildman–Crippen MR) is 81.2 cm³/mol. The van der Waals surface area contributed by atoms with Gasteiger partial charge in [0.1, 0.15) is 11.6 Å². The first-order chi connectivity index (χ1) is 9.56. The Balaban J connectivity index is 1.99. The Bertz CT molecular complexity index is 454. The van der Waals surface area contributed by atoms with Crippen LogP contribution < -0.4 is 11.5 Å². The lowest BCUT2D eigenvalue weighted by Gasteiger charge is -2.23. The number of nitrogen functional groups attached to an aromatic ring is 2. The molecule has 2 rings (SSSR count). The van der Waals surface area contributed by atoms with Crippen LogP contribution in [0.15, 0.2) is 11.2 Å². The van der Waals surface area contributed by atoms with Crippen molar-refractivity contribution in [2.45, 2.75) is 43.0 Å². The molecule has 6 nitrogen and oxygen atoms in total. The number of rotatable bonds is 3. The minimum atomic E-state index is -0.228. The van der Waals surface area contributed by atoms with Gasteiger partial charge >= 0.3 is 0 Å². The van der Waals surface area contributed by atoms with Gasteiger partial charge in [-0.15, -0.1) is 0 Å². The average molecular weight is 295 g/mol. The van der Waals surface area contributed by atoms with E-state index < -0.39 is 0 Å². The lowest BCUT2D eigenvalue weighted by atomic mass is 10.2. The molecule has 1 amide bonds. The van der Waals surface area contributed by atoms with Crippen molar-refractivity contribution in [3.63, 3.8) is 0 Å². The Morgan fingerprint density at radius 1 is 1.20 bits per heavy atom. The molecule has 4 N–H and O–H groups in total. The third kappa shape index (κ3) is 4.00. The van der Waals surface area contributed by atoms with Crippen LogP contribution in [0.3, 0.4) is 0 Å². The summed E-state index contributed by atoms with van der Waals surface area (Å²) < 4.78 is 0. The zero-order valence-corrected chi connectivity index (χ0v) is 12.5. The van der Waals surface area contributed by atoms with E-state index >= 15 is 0 Å². The van der Waals surface area contributed by atoms with E-state index in [0.717, 1.165) is 25.9 Å². The zero-order valence-electron chi connectivity index (χ0n) is 11.7. The van der Waals surface area contributed by atoms with Crippen molar-refractivity contribution in [2.75, 3.05) is 24.6 Å². The number of thioether (sulfide) groups is 1. The largest absolute Gasteiger partial charge is 0.383 e. The predicted octanol–water partition coefficient (Wildman–Crippen LogP) is 1.52. The summed E-state index contributed by atoms with van der Waals surface area (Å²) in [5.41, 5.74) is 11.3. The molecule has 2 heterocycles. The third-order valence-corrected chi connectivity index (χ3v) is 4.24. The molecule has 1 fully saturated rings. The lowest BCUT2D eigenvalue weighted by Crippen LogP contribution is -2.37. The Hall–Kier alpha value is -1.50. The van der Waals surface area contributed by atoms with Crippen LogP contribution in [0.5, 0.6) is 0 Å². The summed E-state index contributed by atoms with van der Waals surface area (Å²) in [4.78, 5) is 22.6. The molecule has 0 bridgehead atoms. The van der Waals surface area contributed by atoms with Crippen LogP contribution in [-0.2, 0) is 4.79 Å². The summed E-state index contributed by atoms with van der Waals surface area (Å²) >= 11 is 1.31. The minimum absolute atomic E-state index is 0.140. The van der Waals surface area contributed by atoms with E-state index in [1.807, 2.05) is 11.8 Å². The number of nitrogens with zero attached hydrogens (tertiary/aromatic N) is 3.